The normalized spacial score (nSPS) is 23.2. The van der Waals surface area contributed by atoms with Crippen LogP contribution in [0.4, 0.5) is 0 Å². The summed E-state index contributed by atoms with van der Waals surface area (Å²) in [5, 5.41) is 5.38. The van der Waals surface area contributed by atoms with E-state index in [0.29, 0.717) is 11.5 Å². The molecule has 3 fully saturated rings. The molecule has 0 radical (unpaired) electrons. The maximum Gasteiger partial charge on any atom is 0.267 e. The largest absolute Gasteiger partial charge is 0.338 e. The van der Waals surface area contributed by atoms with Crippen molar-refractivity contribution >= 4 is 5.91 Å². The maximum absolute atomic E-state index is 12.9. The number of benzene rings is 1. The van der Waals surface area contributed by atoms with Gasteiger partial charge in [-0.15, -0.1) is 0 Å². The van der Waals surface area contributed by atoms with Gasteiger partial charge in [-0.3, -0.25) is 19.6 Å². The van der Waals surface area contributed by atoms with Crippen molar-refractivity contribution in [1.29, 1.82) is 0 Å². The highest BCUT2D eigenvalue weighted by atomic mass is 16.2. The molecule has 4 heterocycles. The summed E-state index contributed by atoms with van der Waals surface area (Å²) in [6, 6.07) is 10.8. The lowest BCUT2D eigenvalue weighted by Crippen LogP contribution is -2.48. The lowest BCUT2D eigenvalue weighted by molar-refractivity contribution is -0.134. The minimum atomic E-state index is -0.179. The summed E-state index contributed by atoms with van der Waals surface area (Å²) in [5.74, 6) is 0.599. The molecule has 0 unspecified atom stereocenters. The average Bonchev–Trinajstić information content (AvgIpc) is 2.82. The number of aromatic nitrogens is 2. The summed E-state index contributed by atoms with van der Waals surface area (Å²) in [6.45, 7) is 5.54. The molecule has 2 N–H and O–H groups in total. The molecule has 2 bridgehead atoms. The van der Waals surface area contributed by atoms with Gasteiger partial charge in [0.1, 0.15) is 0 Å². The molecule has 0 spiro atoms. The Bertz CT molecular complexity index is 826. The Morgan fingerprint density at radius 3 is 2.65 bits per heavy atom. The predicted octanol–water partition coefficient (Wildman–Crippen LogP) is 1.68. The third-order valence-electron chi connectivity index (χ3n) is 5.78. The van der Waals surface area contributed by atoms with Crippen molar-refractivity contribution < 1.29 is 4.79 Å². The Hall–Kier alpha value is -2.34. The smallest absolute Gasteiger partial charge is 0.267 e. The summed E-state index contributed by atoms with van der Waals surface area (Å²) in [5.41, 5.74) is 2.47. The van der Waals surface area contributed by atoms with Crippen LogP contribution in [0, 0.1) is 12.8 Å². The van der Waals surface area contributed by atoms with Gasteiger partial charge in [0.2, 0.25) is 5.91 Å². The fourth-order valence-electron chi connectivity index (χ4n) is 4.39. The third-order valence-corrected chi connectivity index (χ3v) is 5.78. The Labute approximate surface area is 153 Å². The third kappa shape index (κ3) is 3.46. The molecule has 0 aliphatic carbocycles. The van der Waals surface area contributed by atoms with Crippen molar-refractivity contribution in [2.75, 3.05) is 19.6 Å². The van der Waals surface area contributed by atoms with Crippen molar-refractivity contribution in [3.8, 4) is 0 Å². The second-order valence-corrected chi connectivity index (χ2v) is 7.68. The topological polar surface area (TPSA) is 72.2 Å². The highest BCUT2D eigenvalue weighted by Gasteiger charge is 2.37. The van der Waals surface area contributed by atoms with E-state index in [-0.39, 0.29) is 23.9 Å². The number of amides is 1. The standard InChI is InChI=1S/C20H26N4O2/c1-14-18(20(26)22-21-14)9-19(25)24-12-16-7-8-17(24)13-23(11-16)10-15-5-3-2-4-6-15/h2-6,16-17H,7-13H2,1H3,(H2,21,22,26)/t16-,17+/m0/s1. The van der Waals surface area contributed by atoms with Crippen LogP contribution in [0.15, 0.2) is 35.1 Å². The minimum Gasteiger partial charge on any atom is -0.338 e. The number of aromatic amines is 2. The zero-order valence-corrected chi connectivity index (χ0v) is 15.2. The first-order valence-electron chi connectivity index (χ1n) is 9.42. The van der Waals surface area contributed by atoms with E-state index in [1.165, 1.54) is 12.0 Å². The lowest BCUT2D eigenvalue weighted by Gasteiger charge is -2.36. The fourth-order valence-corrected chi connectivity index (χ4v) is 4.39. The van der Waals surface area contributed by atoms with Crippen LogP contribution in [0.25, 0.3) is 0 Å². The van der Waals surface area contributed by atoms with Gasteiger partial charge in [0.05, 0.1) is 6.42 Å². The summed E-state index contributed by atoms with van der Waals surface area (Å²) < 4.78 is 0. The van der Waals surface area contributed by atoms with Gasteiger partial charge in [-0.2, -0.15) is 0 Å². The number of carbonyl (C=O) groups excluding carboxylic acids is 1. The van der Waals surface area contributed by atoms with Crippen molar-refractivity contribution in [3.05, 3.63) is 57.5 Å². The molecule has 3 aliphatic rings. The molecule has 2 atom stereocenters. The molecular formula is C20H26N4O2. The summed E-state index contributed by atoms with van der Waals surface area (Å²) in [7, 11) is 0. The van der Waals surface area contributed by atoms with E-state index in [4.69, 9.17) is 0 Å². The zero-order valence-electron chi connectivity index (χ0n) is 15.2. The lowest BCUT2D eigenvalue weighted by atomic mass is 9.94. The molecule has 0 saturated carbocycles. The number of carbonyl (C=O) groups is 1. The number of hydrogen-bond donors (Lipinski definition) is 2. The van der Waals surface area contributed by atoms with Crippen LogP contribution in [0.2, 0.25) is 0 Å². The van der Waals surface area contributed by atoms with Crippen LogP contribution in [-0.2, 0) is 17.8 Å². The molecule has 6 nitrogen and oxygen atoms in total. The van der Waals surface area contributed by atoms with E-state index in [1.807, 2.05) is 17.9 Å². The molecule has 6 heteroatoms. The summed E-state index contributed by atoms with van der Waals surface area (Å²) in [6.07, 6.45) is 2.43. The highest BCUT2D eigenvalue weighted by Crippen LogP contribution is 2.29. The quantitative estimate of drug-likeness (QED) is 0.877. The van der Waals surface area contributed by atoms with Gasteiger partial charge >= 0.3 is 0 Å². The van der Waals surface area contributed by atoms with E-state index >= 15 is 0 Å². The van der Waals surface area contributed by atoms with Gasteiger partial charge < -0.3 is 10.00 Å². The van der Waals surface area contributed by atoms with E-state index in [9.17, 15) is 9.59 Å². The number of nitrogens with zero attached hydrogens (tertiary/aromatic N) is 2. The van der Waals surface area contributed by atoms with Gasteiger partial charge in [0.25, 0.3) is 5.56 Å². The van der Waals surface area contributed by atoms with Gasteiger partial charge in [0, 0.05) is 43.5 Å². The Balaban J connectivity index is 1.46. The number of aryl methyl sites for hydroxylation is 1. The van der Waals surface area contributed by atoms with Crippen molar-refractivity contribution in [3.63, 3.8) is 0 Å². The van der Waals surface area contributed by atoms with Crippen molar-refractivity contribution in [2.24, 2.45) is 5.92 Å². The predicted molar refractivity (Wildman–Crippen MR) is 99.8 cm³/mol. The molecule has 1 amide bonds. The van der Waals surface area contributed by atoms with Crippen LogP contribution >= 0.6 is 0 Å². The molecule has 2 aromatic rings. The van der Waals surface area contributed by atoms with E-state index in [1.54, 1.807) is 0 Å². The number of piperidine rings is 1. The second kappa shape index (κ2) is 7.11. The molecule has 5 rings (SSSR count). The first-order chi connectivity index (χ1) is 12.6. The SMILES string of the molecule is Cc1[nH][nH]c(=O)c1CC(=O)N1C[C@H]2CC[C@@H]1CN(Cc1ccccc1)C2. The zero-order chi connectivity index (χ0) is 18.1. The number of rotatable bonds is 4. The Morgan fingerprint density at radius 2 is 1.92 bits per heavy atom. The van der Waals surface area contributed by atoms with E-state index < -0.39 is 0 Å². The molecule has 26 heavy (non-hydrogen) atoms. The number of hydrogen-bond acceptors (Lipinski definition) is 3. The second-order valence-electron chi connectivity index (χ2n) is 7.68. The monoisotopic (exact) mass is 354 g/mol. The van der Waals surface area contributed by atoms with Crippen LogP contribution in [0.5, 0.6) is 0 Å². The average molecular weight is 354 g/mol. The number of H-pyrrole nitrogens is 2. The molecule has 3 saturated heterocycles. The van der Waals surface area contributed by atoms with Crippen molar-refractivity contribution in [1.82, 2.24) is 20.0 Å². The van der Waals surface area contributed by atoms with Crippen LogP contribution in [0.3, 0.4) is 0 Å². The first-order valence-corrected chi connectivity index (χ1v) is 9.42. The van der Waals surface area contributed by atoms with E-state index in [2.05, 4.69) is 39.4 Å². The minimum absolute atomic E-state index is 0.0782. The van der Waals surface area contributed by atoms with Gasteiger partial charge in [-0.25, -0.2) is 0 Å². The molecule has 1 aromatic carbocycles. The summed E-state index contributed by atoms with van der Waals surface area (Å²) >= 11 is 0. The van der Waals surface area contributed by atoms with E-state index in [0.717, 1.165) is 38.3 Å². The molecule has 1 aromatic heterocycles. The molecular weight excluding hydrogens is 328 g/mol. The highest BCUT2D eigenvalue weighted by molar-refractivity contribution is 5.79. The maximum atomic E-state index is 12.9. The molecule has 138 valence electrons. The fraction of sp³-hybridized carbons (Fsp3) is 0.500. The van der Waals surface area contributed by atoms with Crippen molar-refractivity contribution in [2.45, 2.75) is 38.8 Å². The van der Waals surface area contributed by atoms with Crippen LogP contribution in [-0.4, -0.2) is 51.6 Å². The number of fused-ring (bicyclic) bond motifs is 4. The van der Waals surface area contributed by atoms with Crippen LogP contribution < -0.4 is 5.56 Å². The van der Waals surface area contributed by atoms with Crippen LogP contribution in [0.1, 0.15) is 29.7 Å². The van der Waals surface area contributed by atoms with Gasteiger partial charge in [0.15, 0.2) is 0 Å². The number of nitrogens with one attached hydrogen (secondary N) is 2. The molecule has 3 aliphatic heterocycles. The Morgan fingerprint density at radius 1 is 1.12 bits per heavy atom. The first kappa shape index (κ1) is 17.1. The van der Waals surface area contributed by atoms with Gasteiger partial charge in [-0.05, 0) is 31.2 Å². The summed E-state index contributed by atoms with van der Waals surface area (Å²) in [4.78, 5) is 29.3. The van der Waals surface area contributed by atoms with Gasteiger partial charge in [-0.1, -0.05) is 30.3 Å². The Kier molecular flexibility index (Phi) is 4.68.